The number of nitrogens with one attached hydrogen (secondary N) is 1. The standard InChI is InChI=1S/C12H18N2O/c1-4-14(5-2)12-8-6-11(7-9-12)13-10(3)15/h6-9H,4-5H2,1-3H3,(H,13,15). The highest BCUT2D eigenvalue weighted by Gasteiger charge is 2.01. The van der Waals surface area contributed by atoms with Crippen LogP contribution in [0.4, 0.5) is 11.4 Å². The molecule has 0 saturated carbocycles. The summed E-state index contributed by atoms with van der Waals surface area (Å²) in [5.74, 6) is -0.0365. The van der Waals surface area contributed by atoms with E-state index in [1.54, 1.807) is 0 Å². The van der Waals surface area contributed by atoms with Crippen LogP contribution in [0.2, 0.25) is 0 Å². The van der Waals surface area contributed by atoms with Crippen LogP contribution in [0.25, 0.3) is 0 Å². The molecule has 1 amide bonds. The second-order valence-electron chi connectivity index (χ2n) is 3.40. The number of benzene rings is 1. The number of carbonyl (C=O) groups is 1. The molecule has 1 rings (SSSR count). The Balaban J connectivity index is 2.75. The Morgan fingerprint density at radius 1 is 1.20 bits per heavy atom. The third-order valence-corrected chi connectivity index (χ3v) is 2.32. The number of hydrogen-bond acceptors (Lipinski definition) is 2. The lowest BCUT2D eigenvalue weighted by Crippen LogP contribution is -2.21. The minimum atomic E-state index is -0.0365. The Morgan fingerprint density at radius 3 is 2.13 bits per heavy atom. The number of carbonyl (C=O) groups excluding carboxylic acids is 1. The van der Waals surface area contributed by atoms with Crippen molar-refractivity contribution in [1.82, 2.24) is 0 Å². The van der Waals surface area contributed by atoms with E-state index in [2.05, 4.69) is 24.1 Å². The summed E-state index contributed by atoms with van der Waals surface area (Å²) in [6.07, 6.45) is 0. The largest absolute Gasteiger partial charge is 0.372 e. The average Bonchev–Trinajstić information content (AvgIpc) is 2.21. The summed E-state index contributed by atoms with van der Waals surface area (Å²) < 4.78 is 0. The van der Waals surface area contributed by atoms with E-state index < -0.39 is 0 Å². The highest BCUT2D eigenvalue weighted by molar-refractivity contribution is 5.88. The van der Waals surface area contributed by atoms with Crippen molar-refractivity contribution in [2.75, 3.05) is 23.3 Å². The first-order chi connectivity index (χ1) is 7.17. The first kappa shape index (κ1) is 11.6. The van der Waals surface area contributed by atoms with Gasteiger partial charge in [0, 0.05) is 31.4 Å². The molecule has 0 saturated heterocycles. The van der Waals surface area contributed by atoms with Gasteiger partial charge in [0.05, 0.1) is 0 Å². The number of amides is 1. The molecule has 1 N–H and O–H groups in total. The van der Waals surface area contributed by atoms with Crippen molar-refractivity contribution in [3.63, 3.8) is 0 Å². The summed E-state index contributed by atoms with van der Waals surface area (Å²) in [5.41, 5.74) is 2.03. The van der Waals surface area contributed by atoms with Crippen molar-refractivity contribution in [1.29, 1.82) is 0 Å². The monoisotopic (exact) mass is 206 g/mol. The fourth-order valence-corrected chi connectivity index (χ4v) is 1.55. The van der Waals surface area contributed by atoms with Crippen molar-refractivity contribution in [3.8, 4) is 0 Å². The van der Waals surface area contributed by atoms with Gasteiger partial charge in [-0.05, 0) is 38.1 Å². The van der Waals surface area contributed by atoms with Gasteiger partial charge in [0.15, 0.2) is 0 Å². The topological polar surface area (TPSA) is 32.3 Å². The smallest absolute Gasteiger partial charge is 0.221 e. The zero-order valence-corrected chi connectivity index (χ0v) is 9.58. The summed E-state index contributed by atoms with van der Waals surface area (Å²) in [5, 5.41) is 2.75. The number of nitrogens with zero attached hydrogens (tertiary/aromatic N) is 1. The normalized spacial score (nSPS) is 9.80. The molecule has 0 aliphatic carbocycles. The maximum Gasteiger partial charge on any atom is 0.221 e. The molecule has 1 aromatic carbocycles. The van der Waals surface area contributed by atoms with Crippen LogP contribution in [0.5, 0.6) is 0 Å². The van der Waals surface area contributed by atoms with E-state index in [9.17, 15) is 4.79 Å². The first-order valence-electron chi connectivity index (χ1n) is 5.30. The van der Waals surface area contributed by atoms with Crippen LogP contribution < -0.4 is 10.2 Å². The van der Waals surface area contributed by atoms with E-state index >= 15 is 0 Å². The Morgan fingerprint density at radius 2 is 1.73 bits per heavy atom. The SMILES string of the molecule is CCN(CC)c1ccc(NC(C)=O)cc1. The molecule has 0 fully saturated rings. The molecule has 82 valence electrons. The fraction of sp³-hybridized carbons (Fsp3) is 0.417. The molecule has 0 aliphatic heterocycles. The van der Waals surface area contributed by atoms with Crippen molar-refractivity contribution < 1.29 is 4.79 Å². The van der Waals surface area contributed by atoms with Gasteiger partial charge in [0.1, 0.15) is 0 Å². The number of rotatable bonds is 4. The number of anilines is 2. The minimum absolute atomic E-state index is 0.0365. The van der Waals surface area contributed by atoms with Gasteiger partial charge in [-0.1, -0.05) is 0 Å². The predicted molar refractivity (Wildman–Crippen MR) is 64.3 cm³/mol. The van der Waals surface area contributed by atoms with Gasteiger partial charge in [-0.25, -0.2) is 0 Å². The molecule has 0 bridgehead atoms. The highest BCUT2D eigenvalue weighted by Crippen LogP contribution is 2.17. The van der Waals surface area contributed by atoms with Crippen LogP contribution in [0, 0.1) is 0 Å². The van der Waals surface area contributed by atoms with E-state index in [0.29, 0.717) is 0 Å². The molecule has 3 heteroatoms. The number of hydrogen-bond donors (Lipinski definition) is 1. The lowest BCUT2D eigenvalue weighted by Gasteiger charge is -2.21. The van der Waals surface area contributed by atoms with Crippen molar-refractivity contribution in [2.45, 2.75) is 20.8 Å². The zero-order valence-electron chi connectivity index (χ0n) is 9.58. The van der Waals surface area contributed by atoms with Crippen LogP contribution in [-0.2, 0) is 4.79 Å². The van der Waals surface area contributed by atoms with Crippen molar-refractivity contribution >= 4 is 17.3 Å². The quantitative estimate of drug-likeness (QED) is 0.820. The van der Waals surface area contributed by atoms with E-state index in [-0.39, 0.29) is 5.91 Å². The highest BCUT2D eigenvalue weighted by atomic mass is 16.1. The van der Waals surface area contributed by atoms with E-state index in [0.717, 1.165) is 18.8 Å². The van der Waals surface area contributed by atoms with Gasteiger partial charge in [0.25, 0.3) is 0 Å². The van der Waals surface area contributed by atoms with E-state index in [1.165, 1.54) is 12.6 Å². The average molecular weight is 206 g/mol. The third-order valence-electron chi connectivity index (χ3n) is 2.32. The molecular formula is C12H18N2O. The Labute approximate surface area is 91.1 Å². The molecule has 3 nitrogen and oxygen atoms in total. The van der Waals surface area contributed by atoms with Crippen LogP contribution in [0.1, 0.15) is 20.8 Å². The van der Waals surface area contributed by atoms with Gasteiger partial charge in [0.2, 0.25) is 5.91 Å². The molecule has 0 atom stereocenters. The fourth-order valence-electron chi connectivity index (χ4n) is 1.55. The molecule has 0 unspecified atom stereocenters. The Kier molecular flexibility index (Phi) is 4.16. The van der Waals surface area contributed by atoms with Crippen molar-refractivity contribution in [2.24, 2.45) is 0 Å². The van der Waals surface area contributed by atoms with Crippen LogP contribution in [-0.4, -0.2) is 19.0 Å². The predicted octanol–water partition coefficient (Wildman–Crippen LogP) is 2.49. The Bertz CT molecular complexity index is 315. The van der Waals surface area contributed by atoms with Gasteiger partial charge in [-0.2, -0.15) is 0 Å². The van der Waals surface area contributed by atoms with Gasteiger partial charge >= 0.3 is 0 Å². The van der Waals surface area contributed by atoms with E-state index in [4.69, 9.17) is 0 Å². The van der Waals surface area contributed by atoms with Gasteiger partial charge in [-0.3, -0.25) is 4.79 Å². The Hall–Kier alpha value is -1.51. The molecular weight excluding hydrogens is 188 g/mol. The summed E-state index contributed by atoms with van der Waals surface area (Å²) in [4.78, 5) is 13.1. The van der Waals surface area contributed by atoms with Crippen LogP contribution in [0.3, 0.4) is 0 Å². The molecule has 0 spiro atoms. The van der Waals surface area contributed by atoms with E-state index in [1.807, 2.05) is 24.3 Å². The molecule has 1 aromatic rings. The zero-order chi connectivity index (χ0) is 11.3. The summed E-state index contributed by atoms with van der Waals surface area (Å²) in [6, 6.07) is 7.90. The minimum Gasteiger partial charge on any atom is -0.372 e. The van der Waals surface area contributed by atoms with Crippen LogP contribution >= 0.6 is 0 Å². The lowest BCUT2D eigenvalue weighted by atomic mass is 10.2. The molecule has 0 aliphatic rings. The summed E-state index contributed by atoms with van der Waals surface area (Å²) in [7, 11) is 0. The second kappa shape index (κ2) is 5.39. The molecule has 0 aromatic heterocycles. The van der Waals surface area contributed by atoms with Gasteiger partial charge < -0.3 is 10.2 Å². The molecule has 0 heterocycles. The third kappa shape index (κ3) is 3.27. The first-order valence-corrected chi connectivity index (χ1v) is 5.30. The second-order valence-corrected chi connectivity index (χ2v) is 3.40. The summed E-state index contributed by atoms with van der Waals surface area (Å²) in [6.45, 7) is 7.76. The maximum atomic E-state index is 10.8. The maximum absolute atomic E-state index is 10.8. The molecule has 0 radical (unpaired) electrons. The lowest BCUT2D eigenvalue weighted by molar-refractivity contribution is -0.114. The molecule has 15 heavy (non-hydrogen) atoms. The van der Waals surface area contributed by atoms with Crippen LogP contribution in [0.15, 0.2) is 24.3 Å². The van der Waals surface area contributed by atoms with Crippen molar-refractivity contribution in [3.05, 3.63) is 24.3 Å². The summed E-state index contributed by atoms with van der Waals surface area (Å²) >= 11 is 0. The van der Waals surface area contributed by atoms with Gasteiger partial charge in [-0.15, -0.1) is 0 Å².